The van der Waals surface area contributed by atoms with Gasteiger partial charge in [-0.3, -0.25) is 4.79 Å². The molecule has 0 spiro atoms. The van der Waals surface area contributed by atoms with E-state index in [1.54, 1.807) is 30.5 Å². The monoisotopic (exact) mass is 412 g/mol. The summed E-state index contributed by atoms with van der Waals surface area (Å²) >= 11 is 1.11. The van der Waals surface area contributed by atoms with Crippen molar-refractivity contribution in [2.24, 2.45) is 0 Å². The maximum Gasteiger partial charge on any atom is 0.245 e. The van der Waals surface area contributed by atoms with E-state index in [1.165, 1.54) is 6.07 Å². The largest absolute Gasteiger partial charge is 0.294 e. The third-order valence-corrected chi connectivity index (χ3v) is 7.98. The van der Waals surface area contributed by atoms with E-state index in [-0.39, 0.29) is 11.5 Å². The number of Topliss-reactive ketones (excluding diaryl/α,β-unsaturated/α-hetero) is 1. The lowest BCUT2D eigenvalue weighted by Crippen LogP contribution is -2.35. The Balaban J connectivity index is 2.24. The number of hydrogen-bond acceptors (Lipinski definition) is 7. The van der Waals surface area contributed by atoms with Crippen LogP contribution >= 0.6 is 11.8 Å². The predicted octanol–water partition coefficient (Wildman–Crippen LogP) is 2.09. The number of fused-ring (bicyclic) bond motifs is 1. The molecule has 7 nitrogen and oxygen atoms in total. The molecule has 0 amide bonds. The van der Waals surface area contributed by atoms with Crippen LogP contribution in [0.15, 0.2) is 46.5 Å². The molecular formula is C16H16N2O5S3. The number of aryl methyl sites for hydroxylation is 1. The van der Waals surface area contributed by atoms with Crippen LogP contribution in [0.3, 0.4) is 0 Å². The summed E-state index contributed by atoms with van der Waals surface area (Å²) in [5.74, 6) is -0.0420. The highest BCUT2D eigenvalue weighted by Gasteiger charge is 2.32. The summed E-state index contributed by atoms with van der Waals surface area (Å²) in [5.41, 5.74) is 1.15. The number of hydrogen-bond donors (Lipinski definition) is 0. The number of sulfonamides is 2. The normalized spacial score (nSPS) is 14.3. The van der Waals surface area contributed by atoms with Gasteiger partial charge in [-0.25, -0.2) is 21.8 Å². The van der Waals surface area contributed by atoms with Crippen LogP contribution < -0.4 is 3.71 Å². The maximum atomic E-state index is 12.2. The molecule has 0 atom stereocenters. The van der Waals surface area contributed by atoms with Crippen LogP contribution in [0, 0.1) is 0 Å². The number of carbonyl (C=O) groups excluding carboxylic acids is 1. The SMILES string of the molecule is CS(=O)(=O)N(c1cc2c(cc1Sc1ccccn1)C(=O)CC2)S(C)(=O)=O. The third kappa shape index (κ3) is 3.76. The maximum absolute atomic E-state index is 12.2. The quantitative estimate of drug-likeness (QED) is 0.741. The van der Waals surface area contributed by atoms with Crippen molar-refractivity contribution in [3.05, 3.63) is 47.7 Å². The second-order valence-electron chi connectivity index (χ2n) is 5.89. The van der Waals surface area contributed by atoms with Gasteiger partial charge in [0.25, 0.3) is 0 Å². The highest BCUT2D eigenvalue weighted by atomic mass is 32.3. The number of carbonyl (C=O) groups is 1. The van der Waals surface area contributed by atoms with Gasteiger partial charge in [-0.2, -0.15) is 3.71 Å². The van der Waals surface area contributed by atoms with Crippen molar-refractivity contribution in [2.75, 3.05) is 16.2 Å². The van der Waals surface area contributed by atoms with Crippen LogP contribution in [0.1, 0.15) is 22.3 Å². The van der Waals surface area contributed by atoms with E-state index in [9.17, 15) is 21.6 Å². The van der Waals surface area contributed by atoms with E-state index in [0.717, 1.165) is 24.3 Å². The zero-order valence-electron chi connectivity index (χ0n) is 14.0. The summed E-state index contributed by atoms with van der Waals surface area (Å²) in [6.07, 6.45) is 4.02. The molecule has 0 aliphatic heterocycles. The first-order valence-electron chi connectivity index (χ1n) is 7.57. The van der Waals surface area contributed by atoms with Gasteiger partial charge in [-0.1, -0.05) is 17.8 Å². The summed E-state index contributed by atoms with van der Waals surface area (Å²) in [5, 5.41) is 0.557. The van der Waals surface area contributed by atoms with Gasteiger partial charge in [0.1, 0.15) is 5.03 Å². The molecule has 1 aliphatic rings. The number of rotatable bonds is 5. The average Bonchev–Trinajstić information content (AvgIpc) is 2.86. The molecule has 1 aromatic heterocycles. The molecule has 0 saturated heterocycles. The Labute approximate surface area is 156 Å². The average molecular weight is 413 g/mol. The molecule has 0 bridgehead atoms. The number of pyridine rings is 1. The number of anilines is 1. The molecule has 0 saturated carbocycles. The van der Waals surface area contributed by atoms with Crippen molar-refractivity contribution < 1.29 is 21.6 Å². The minimum Gasteiger partial charge on any atom is -0.294 e. The van der Waals surface area contributed by atoms with Crippen molar-refractivity contribution in [3.8, 4) is 0 Å². The molecule has 3 rings (SSSR count). The van der Waals surface area contributed by atoms with Gasteiger partial charge < -0.3 is 0 Å². The summed E-state index contributed by atoms with van der Waals surface area (Å²) in [7, 11) is -8.19. The van der Waals surface area contributed by atoms with E-state index in [4.69, 9.17) is 0 Å². The zero-order chi connectivity index (χ0) is 19.1. The smallest absolute Gasteiger partial charge is 0.245 e. The third-order valence-electron chi connectivity index (χ3n) is 3.76. The van der Waals surface area contributed by atoms with Gasteiger partial charge in [0.05, 0.1) is 18.2 Å². The van der Waals surface area contributed by atoms with Gasteiger partial charge in [0.2, 0.25) is 20.0 Å². The fraction of sp³-hybridized carbons (Fsp3) is 0.250. The molecule has 2 aromatic rings. The van der Waals surface area contributed by atoms with Crippen LogP contribution in [-0.2, 0) is 26.5 Å². The van der Waals surface area contributed by atoms with Gasteiger partial charge in [-0.05, 0) is 36.2 Å². The Kier molecular flexibility index (Phi) is 4.84. The number of nitrogens with zero attached hydrogens (tertiary/aromatic N) is 2. The minimum absolute atomic E-state index is 0.0131. The molecule has 138 valence electrons. The first-order chi connectivity index (χ1) is 12.1. The molecule has 10 heteroatoms. The Bertz CT molecular complexity index is 1050. The van der Waals surface area contributed by atoms with Crippen LogP contribution in [0.4, 0.5) is 5.69 Å². The van der Waals surface area contributed by atoms with Crippen molar-refractivity contribution in [2.45, 2.75) is 22.8 Å². The Morgan fingerprint density at radius 3 is 2.31 bits per heavy atom. The highest BCUT2D eigenvalue weighted by Crippen LogP contribution is 2.40. The van der Waals surface area contributed by atoms with Crippen molar-refractivity contribution in [3.63, 3.8) is 0 Å². The molecule has 0 N–H and O–H groups in total. The zero-order valence-corrected chi connectivity index (χ0v) is 16.5. The lowest BCUT2D eigenvalue weighted by molar-refractivity contribution is 0.0994. The Morgan fingerprint density at radius 2 is 1.73 bits per heavy atom. The topological polar surface area (TPSA) is 101 Å². The van der Waals surface area contributed by atoms with Crippen LogP contribution in [0.2, 0.25) is 0 Å². The molecule has 1 aromatic carbocycles. The van der Waals surface area contributed by atoms with E-state index in [1.807, 2.05) is 0 Å². The standard InChI is InChI=1S/C16H16N2O5S3/c1-25(20,21)18(26(2,22)23)13-9-11-6-7-14(19)12(11)10-15(13)24-16-5-3-4-8-17-16/h3-5,8-10H,6-7H2,1-2H3. The lowest BCUT2D eigenvalue weighted by Gasteiger charge is -2.23. The molecule has 0 fully saturated rings. The van der Waals surface area contributed by atoms with Gasteiger partial charge in [0.15, 0.2) is 5.78 Å². The van der Waals surface area contributed by atoms with E-state index >= 15 is 0 Å². The summed E-state index contributed by atoms with van der Waals surface area (Å²) in [6, 6.07) is 8.25. The van der Waals surface area contributed by atoms with E-state index < -0.39 is 20.0 Å². The van der Waals surface area contributed by atoms with Gasteiger partial charge in [0, 0.05) is 23.1 Å². The van der Waals surface area contributed by atoms with Crippen LogP contribution in [0.25, 0.3) is 0 Å². The van der Waals surface area contributed by atoms with Crippen molar-refractivity contribution >= 4 is 43.3 Å². The minimum atomic E-state index is -4.09. The molecule has 26 heavy (non-hydrogen) atoms. The molecular weight excluding hydrogens is 396 g/mol. The first-order valence-corrected chi connectivity index (χ1v) is 12.1. The van der Waals surface area contributed by atoms with Crippen LogP contribution in [0.5, 0.6) is 0 Å². The van der Waals surface area contributed by atoms with Crippen molar-refractivity contribution in [1.82, 2.24) is 4.98 Å². The molecule has 0 unspecified atom stereocenters. The number of benzene rings is 1. The highest BCUT2D eigenvalue weighted by molar-refractivity contribution is 8.09. The second kappa shape index (κ2) is 6.67. The van der Waals surface area contributed by atoms with E-state index in [0.29, 0.717) is 37.6 Å². The predicted molar refractivity (Wildman–Crippen MR) is 99.6 cm³/mol. The molecule has 1 heterocycles. The summed E-state index contributed by atoms with van der Waals surface area (Å²) in [6.45, 7) is 0. The van der Waals surface area contributed by atoms with E-state index in [2.05, 4.69) is 4.98 Å². The lowest BCUT2D eigenvalue weighted by atomic mass is 10.1. The summed E-state index contributed by atoms with van der Waals surface area (Å²) in [4.78, 5) is 16.6. The Hall–Kier alpha value is -1.91. The fourth-order valence-electron chi connectivity index (χ4n) is 2.81. The number of ketones is 1. The Morgan fingerprint density at radius 1 is 1.04 bits per heavy atom. The van der Waals surface area contributed by atoms with Gasteiger partial charge in [-0.15, -0.1) is 0 Å². The second-order valence-corrected chi connectivity index (χ2v) is 10.8. The first kappa shape index (κ1) is 18.9. The fourth-order valence-corrected chi connectivity index (χ4v) is 6.83. The molecule has 1 aliphatic carbocycles. The summed E-state index contributed by atoms with van der Waals surface area (Å²) < 4.78 is 49.2. The van der Waals surface area contributed by atoms with Crippen molar-refractivity contribution in [1.29, 1.82) is 0 Å². The molecule has 0 radical (unpaired) electrons. The number of aromatic nitrogens is 1. The van der Waals surface area contributed by atoms with Gasteiger partial charge >= 0.3 is 0 Å². The van der Waals surface area contributed by atoms with Crippen LogP contribution in [-0.4, -0.2) is 40.1 Å².